The molecule has 0 saturated carbocycles. The molecule has 0 aliphatic heterocycles. The minimum Gasteiger partial charge on any atom is -0.464 e. The van der Waals surface area contributed by atoms with E-state index in [9.17, 15) is 4.79 Å². The van der Waals surface area contributed by atoms with Gasteiger partial charge in [0, 0.05) is 16.1 Å². The molecular weight excluding hydrogens is 370 g/mol. The van der Waals surface area contributed by atoms with Gasteiger partial charge in [-0.15, -0.1) is 24.2 Å². The summed E-state index contributed by atoms with van der Waals surface area (Å²) in [7, 11) is 0. The number of amidine groups is 1. The minimum absolute atomic E-state index is 0. The Morgan fingerprint density at radius 3 is 2.50 bits per heavy atom. The molecule has 2 rings (SSSR count). The molecule has 1 atom stereocenters. The van der Waals surface area contributed by atoms with E-state index in [4.69, 9.17) is 15.9 Å². The van der Waals surface area contributed by atoms with Crippen LogP contribution >= 0.6 is 24.2 Å². The second kappa shape index (κ2) is 10.7. The lowest BCUT2D eigenvalue weighted by Crippen LogP contribution is -2.23. The lowest BCUT2D eigenvalue weighted by molar-refractivity contribution is -0.144. The number of esters is 1. The second-order valence-electron chi connectivity index (χ2n) is 5.33. The number of ether oxygens (including phenoxy) is 1. The maximum absolute atomic E-state index is 12.4. The van der Waals surface area contributed by atoms with Crippen molar-refractivity contribution in [2.75, 3.05) is 17.7 Å². The molecule has 26 heavy (non-hydrogen) atoms. The van der Waals surface area contributed by atoms with Crippen LogP contribution in [0.1, 0.15) is 31.0 Å². The van der Waals surface area contributed by atoms with Gasteiger partial charge in [-0.05, 0) is 54.6 Å². The van der Waals surface area contributed by atoms with Crippen LogP contribution < -0.4 is 11.1 Å². The Kier molecular flexibility index (Phi) is 9.02. The molecule has 2 aromatic carbocycles. The Bertz CT molecular complexity index is 738. The number of hydrogen-bond acceptors (Lipinski definition) is 5. The summed E-state index contributed by atoms with van der Waals surface area (Å²) in [5.41, 5.74) is 7.73. The van der Waals surface area contributed by atoms with E-state index in [2.05, 4.69) is 12.2 Å². The van der Waals surface area contributed by atoms with E-state index in [-0.39, 0.29) is 24.2 Å². The first-order chi connectivity index (χ1) is 12.0. The van der Waals surface area contributed by atoms with Crippen LogP contribution in [0, 0.1) is 5.41 Å². The van der Waals surface area contributed by atoms with Gasteiger partial charge >= 0.3 is 5.97 Å². The topological polar surface area (TPSA) is 88.2 Å². The third-order valence-corrected chi connectivity index (χ3v) is 4.41. The van der Waals surface area contributed by atoms with Crippen LogP contribution in [0.4, 0.5) is 5.69 Å². The van der Waals surface area contributed by atoms with Crippen LogP contribution in [-0.4, -0.2) is 24.2 Å². The van der Waals surface area contributed by atoms with Gasteiger partial charge in [-0.25, -0.2) is 4.79 Å². The van der Waals surface area contributed by atoms with Crippen molar-refractivity contribution in [2.45, 2.75) is 24.8 Å². The Morgan fingerprint density at radius 2 is 1.92 bits per heavy atom. The van der Waals surface area contributed by atoms with Gasteiger partial charge in [0.2, 0.25) is 0 Å². The van der Waals surface area contributed by atoms with Crippen LogP contribution in [0.25, 0.3) is 0 Å². The van der Waals surface area contributed by atoms with E-state index in [1.54, 1.807) is 43.0 Å². The van der Waals surface area contributed by atoms with Crippen molar-refractivity contribution in [3.8, 4) is 0 Å². The van der Waals surface area contributed by atoms with E-state index in [1.807, 2.05) is 24.3 Å². The molecule has 0 aliphatic carbocycles. The molecule has 0 aromatic heterocycles. The number of thioether (sulfide) groups is 1. The fourth-order valence-corrected chi connectivity index (χ4v) is 3.09. The van der Waals surface area contributed by atoms with E-state index >= 15 is 0 Å². The highest BCUT2D eigenvalue weighted by atomic mass is 35.5. The number of halogens is 1. The SMILES string of the molecule is CCOC(=O)C(Nc1ccc(C(=N)N)cc1)c1cccc(SCC)c1.Cl. The summed E-state index contributed by atoms with van der Waals surface area (Å²) < 4.78 is 5.23. The lowest BCUT2D eigenvalue weighted by atomic mass is 10.1. The standard InChI is InChI=1S/C19H23N3O2S.ClH/c1-3-24-19(23)17(14-6-5-7-16(12-14)25-4-2)22-15-10-8-13(9-11-15)18(20)21;/h5-12,17,22H,3-4H2,1-2H3,(H3,20,21);1H. The van der Waals surface area contributed by atoms with Gasteiger partial charge in [-0.1, -0.05) is 19.1 Å². The quantitative estimate of drug-likeness (QED) is 0.270. The first kappa shape index (κ1) is 21.9. The van der Waals surface area contributed by atoms with Gasteiger partial charge in [0.1, 0.15) is 5.84 Å². The first-order valence-electron chi connectivity index (χ1n) is 8.15. The molecule has 0 amide bonds. The molecule has 1 unspecified atom stereocenters. The summed E-state index contributed by atoms with van der Waals surface area (Å²) in [6, 6.07) is 14.4. The van der Waals surface area contributed by atoms with Crippen molar-refractivity contribution in [2.24, 2.45) is 5.73 Å². The molecule has 0 radical (unpaired) electrons. The largest absolute Gasteiger partial charge is 0.464 e. The van der Waals surface area contributed by atoms with E-state index < -0.39 is 6.04 Å². The summed E-state index contributed by atoms with van der Waals surface area (Å²) in [5, 5.41) is 10.7. The maximum atomic E-state index is 12.4. The summed E-state index contributed by atoms with van der Waals surface area (Å²) in [5.74, 6) is 0.655. The molecule has 2 aromatic rings. The van der Waals surface area contributed by atoms with Crippen molar-refractivity contribution in [3.05, 3.63) is 59.7 Å². The molecule has 4 N–H and O–H groups in total. The van der Waals surface area contributed by atoms with Crippen molar-refractivity contribution in [3.63, 3.8) is 0 Å². The van der Waals surface area contributed by atoms with Gasteiger partial charge in [-0.2, -0.15) is 0 Å². The second-order valence-corrected chi connectivity index (χ2v) is 6.66. The van der Waals surface area contributed by atoms with Gasteiger partial charge in [0.15, 0.2) is 6.04 Å². The molecule has 0 heterocycles. The van der Waals surface area contributed by atoms with Crippen molar-refractivity contribution < 1.29 is 9.53 Å². The molecule has 0 saturated heterocycles. The fraction of sp³-hybridized carbons (Fsp3) is 0.263. The average Bonchev–Trinajstić information content (AvgIpc) is 2.60. The normalized spacial score (nSPS) is 11.2. The minimum atomic E-state index is -0.597. The zero-order valence-electron chi connectivity index (χ0n) is 14.8. The van der Waals surface area contributed by atoms with Gasteiger partial charge < -0.3 is 15.8 Å². The number of nitrogens with two attached hydrogens (primary N) is 1. The predicted molar refractivity (Wildman–Crippen MR) is 111 cm³/mol. The van der Waals surface area contributed by atoms with Crippen LogP contribution in [0.15, 0.2) is 53.4 Å². The highest BCUT2D eigenvalue weighted by molar-refractivity contribution is 7.99. The molecule has 0 fully saturated rings. The third kappa shape index (κ3) is 5.97. The van der Waals surface area contributed by atoms with E-state index in [1.165, 1.54) is 0 Å². The van der Waals surface area contributed by atoms with Gasteiger partial charge in [-0.3, -0.25) is 5.41 Å². The zero-order valence-corrected chi connectivity index (χ0v) is 16.5. The van der Waals surface area contributed by atoms with Crippen LogP contribution in [-0.2, 0) is 9.53 Å². The van der Waals surface area contributed by atoms with Crippen LogP contribution in [0.5, 0.6) is 0 Å². The smallest absolute Gasteiger partial charge is 0.333 e. The number of hydrogen-bond donors (Lipinski definition) is 3. The number of nitrogen functional groups attached to an aromatic ring is 1. The first-order valence-corrected chi connectivity index (χ1v) is 9.14. The van der Waals surface area contributed by atoms with Crippen LogP contribution in [0.2, 0.25) is 0 Å². The highest BCUT2D eigenvalue weighted by Crippen LogP contribution is 2.26. The lowest BCUT2D eigenvalue weighted by Gasteiger charge is -2.19. The predicted octanol–water partition coefficient (Wildman–Crippen LogP) is 4.22. The number of rotatable bonds is 8. The molecule has 0 aliphatic rings. The number of nitrogens with one attached hydrogen (secondary N) is 2. The molecule has 5 nitrogen and oxygen atoms in total. The van der Waals surface area contributed by atoms with Crippen molar-refractivity contribution in [1.29, 1.82) is 5.41 Å². The van der Waals surface area contributed by atoms with Crippen molar-refractivity contribution in [1.82, 2.24) is 0 Å². The molecule has 0 bridgehead atoms. The fourth-order valence-electron chi connectivity index (χ4n) is 2.37. The maximum Gasteiger partial charge on any atom is 0.333 e. The summed E-state index contributed by atoms with van der Waals surface area (Å²) in [6.45, 7) is 4.21. The third-order valence-electron chi connectivity index (χ3n) is 3.53. The molecule has 7 heteroatoms. The van der Waals surface area contributed by atoms with Gasteiger partial charge in [0.25, 0.3) is 0 Å². The Morgan fingerprint density at radius 1 is 1.23 bits per heavy atom. The number of anilines is 1. The van der Waals surface area contributed by atoms with Crippen LogP contribution in [0.3, 0.4) is 0 Å². The summed E-state index contributed by atoms with van der Waals surface area (Å²) in [4.78, 5) is 13.6. The number of benzene rings is 2. The highest BCUT2D eigenvalue weighted by Gasteiger charge is 2.22. The summed E-state index contributed by atoms with van der Waals surface area (Å²) >= 11 is 1.73. The van der Waals surface area contributed by atoms with Gasteiger partial charge in [0.05, 0.1) is 6.61 Å². The molecule has 140 valence electrons. The summed E-state index contributed by atoms with van der Waals surface area (Å²) in [6.07, 6.45) is 0. The Hall–Kier alpha value is -2.18. The monoisotopic (exact) mass is 393 g/mol. The van der Waals surface area contributed by atoms with Crippen molar-refractivity contribution >= 4 is 41.7 Å². The number of carbonyl (C=O) groups excluding carboxylic acids is 1. The average molecular weight is 394 g/mol. The Labute approximate surface area is 164 Å². The van der Waals surface area contributed by atoms with E-state index in [0.29, 0.717) is 12.2 Å². The molecule has 0 spiro atoms. The van der Waals surface area contributed by atoms with E-state index in [0.717, 1.165) is 21.9 Å². The molecular formula is C19H24ClN3O2S. The zero-order chi connectivity index (χ0) is 18.2. The Balaban J connectivity index is 0.00000338. The number of carbonyl (C=O) groups is 1.